The van der Waals surface area contributed by atoms with Crippen LogP contribution in [-0.4, -0.2) is 73.1 Å². The van der Waals surface area contributed by atoms with E-state index in [1.54, 1.807) is 18.2 Å². The second-order valence-corrected chi connectivity index (χ2v) is 10.1. The third-order valence-electron chi connectivity index (χ3n) is 6.01. The van der Waals surface area contributed by atoms with E-state index < -0.39 is 51.6 Å². The first-order valence-electron chi connectivity index (χ1n) is 10.5. The van der Waals surface area contributed by atoms with E-state index in [1.807, 2.05) is 0 Å². The summed E-state index contributed by atoms with van der Waals surface area (Å²) in [6.45, 7) is 0.880. The summed E-state index contributed by atoms with van der Waals surface area (Å²) >= 11 is 0. The lowest BCUT2D eigenvalue weighted by molar-refractivity contribution is -0.139. The van der Waals surface area contributed by atoms with Gasteiger partial charge in [-0.15, -0.1) is 0 Å². The third kappa shape index (κ3) is 4.14. The molecule has 0 spiro atoms. The molecule has 2 fully saturated rings. The van der Waals surface area contributed by atoms with Gasteiger partial charge in [0.1, 0.15) is 23.7 Å². The summed E-state index contributed by atoms with van der Waals surface area (Å²) in [6, 6.07) is 9.59. The van der Waals surface area contributed by atoms with Crippen LogP contribution in [0.2, 0.25) is 0 Å². The molecule has 2 heterocycles. The Morgan fingerprint density at radius 2 is 1.68 bits per heavy atom. The zero-order chi connectivity index (χ0) is 24.7. The SMILES string of the molecule is CC1(c2cc(F)ccc2F)NC(=O)N(CC(=O)N2CCN(S(=O)(=O)c3ccccc3)CC2)C1=O. The number of carbonyl (C=O) groups is 3. The fourth-order valence-electron chi connectivity index (χ4n) is 4.06. The van der Waals surface area contributed by atoms with Crippen LogP contribution in [0.5, 0.6) is 0 Å². The Morgan fingerprint density at radius 1 is 1.03 bits per heavy atom. The molecule has 2 aromatic carbocycles. The predicted octanol–water partition coefficient (Wildman–Crippen LogP) is 1.26. The summed E-state index contributed by atoms with van der Waals surface area (Å²) in [5.41, 5.74) is -2.22. The number of urea groups is 1. The van der Waals surface area contributed by atoms with Gasteiger partial charge in [-0.2, -0.15) is 4.31 Å². The molecule has 2 aliphatic heterocycles. The van der Waals surface area contributed by atoms with Crippen molar-refractivity contribution in [3.8, 4) is 0 Å². The van der Waals surface area contributed by atoms with Gasteiger partial charge in [0.05, 0.1) is 4.90 Å². The van der Waals surface area contributed by atoms with Crippen molar-refractivity contribution in [2.24, 2.45) is 0 Å². The van der Waals surface area contributed by atoms with Crippen LogP contribution in [-0.2, 0) is 25.2 Å². The summed E-state index contributed by atoms with van der Waals surface area (Å²) in [5.74, 6) is -3.11. The molecule has 1 N–H and O–H groups in total. The van der Waals surface area contributed by atoms with Crippen molar-refractivity contribution in [2.45, 2.75) is 17.4 Å². The molecule has 0 radical (unpaired) electrons. The fourth-order valence-corrected chi connectivity index (χ4v) is 5.50. The zero-order valence-electron chi connectivity index (χ0n) is 18.2. The van der Waals surface area contributed by atoms with Crippen molar-refractivity contribution in [3.63, 3.8) is 0 Å². The number of sulfonamides is 1. The largest absolute Gasteiger partial charge is 0.338 e. The molecule has 4 rings (SSSR count). The minimum Gasteiger partial charge on any atom is -0.338 e. The zero-order valence-corrected chi connectivity index (χ0v) is 19.0. The molecular weight excluding hydrogens is 470 g/mol. The van der Waals surface area contributed by atoms with Gasteiger partial charge in [0.25, 0.3) is 5.91 Å². The lowest BCUT2D eigenvalue weighted by Crippen LogP contribution is -2.53. The van der Waals surface area contributed by atoms with Crippen LogP contribution in [0.4, 0.5) is 13.6 Å². The molecule has 2 aromatic rings. The molecule has 2 aliphatic rings. The highest BCUT2D eigenvalue weighted by molar-refractivity contribution is 7.89. The van der Waals surface area contributed by atoms with Gasteiger partial charge in [-0.1, -0.05) is 18.2 Å². The van der Waals surface area contributed by atoms with Gasteiger partial charge in [0.15, 0.2) is 0 Å². The summed E-state index contributed by atoms with van der Waals surface area (Å²) in [4.78, 5) is 40.4. The number of nitrogens with zero attached hydrogens (tertiary/aromatic N) is 3. The number of benzene rings is 2. The highest BCUT2D eigenvalue weighted by Crippen LogP contribution is 2.31. The molecule has 0 bridgehead atoms. The Balaban J connectivity index is 1.42. The molecule has 0 aromatic heterocycles. The number of imide groups is 1. The van der Waals surface area contributed by atoms with Crippen molar-refractivity contribution < 1.29 is 31.6 Å². The maximum atomic E-state index is 14.3. The van der Waals surface area contributed by atoms with Gasteiger partial charge in [0, 0.05) is 31.7 Å². The molecule has 0 aliphatic carbocycles. The average Bonchev–Trinajstić information content (AvgIpc) is 3.04. The van der Waals surface area contributed by atoms with Crippen molar-refractivity contribution in [1.82, 2.24) is 19.4 Å². The highest BCUT2D eigenvalue weighted by Gasteiger charge is 2.51. The van der Waals surface area contributed by atoms with Crippen LogP contribution in [0.1, 0.15) is 12.5 Å². The molecule has 180 valence electrons. The van der Waals surface area contributed by atoms with E-state index in [0.717, 1.165) is 18.2 Å². The third-order valence-corrected chi connectivity index (χ3v) is 7.92. The summed E-state index contributed by atoms with van der Waals surface area (Å²) in [6.07, 6.45) is 0. The van der Waals surface area contributed by atoms with Gasteiger partial charge in [-0.3, -0.25) is 14.5 Å². The number of nitrogens with one attached hydrogen (secondary N) is 1. The van der Waals surface area contributed by atoms with Crippen molar-refractivity contribution in [2.75, 3.05) is 32.7 Å². The summed E-state index contributed by atoms with van der Waals surface area (Å²) in [5, 5.41) is 2.34. The van der Waals surface area contributed by atoms with E-state index >= 15 is 0 Å². The van der Waals surface area contributed by atoms with Gasteiger partial charge in [0.2, 0.25) is 15.9 Å². The van der Waals surface area contributed by atoms with Crippen LogP contribution < -0.4 is 5.32 Å². The normalized spacial score (nSPS) is 21.6. The number of piperazine rings is 1. The summed E-state index contributed by atoms with van der Waals surface area (Å²) < 4.78 is 54.7. The molecule has 0 saturated carbocycles. The molecule has 1 atom stereocenters. The maximum Gasteiger partial charge on any atom is 0.325 e. The number of halogens is 2. The topological polar surface area (TPSA) is 107 Å². The van der Waals surface area contributed by atoms with Gasteiger partial charge < -0.3 is 10.2 Å². The summed E-state index contributed by atoms with van der Waals surface area (Å²) in [7, 11) is -3.70. The fraction of sp³-hybridized carbons (Fsp3) is 0.318. The van der Waals surface area contributed by atoms with Crippen LogP contribution in [0.3, 0.4) is 0 Å². The lowest BCUT2D eigenvalue weighted by atomic mass is 9.91. The van der Waals surface area contributed by atoms with Gasteiger partial charge >= 0.3 is 6.03 Å². The van der Waals surface area contributed by atoms with E-state index in [2.05, 4.69) is 5.32 Å². The van der Waals surface area contributed by atoms with E-state index in [9.17, 15) is 31.6 Å². The number of hydrogen-bond donors (Lipinski definition) is 1. The monoisotopic (exact) mass is 492 g/mol. The molecule has 9 nitrogen and oxygen atoms in total. The molecule has 12 heteroatoms. The first-order chi connectivity index (χ1) is 16.0. The van der Waals surface area contributed by atoms with Gasteiger partial charge in [-0.05, 0) is 37.3 Å². The van der Waals surface area contributed by atoms with Crippen LogP contribution in [0, 0.1) is 11.6 Å². The Labute approximate surface area is 195 Å². The molecule has 4 amide bonds. The van der Waals surface area contributed by atoms with E-state index in [-0.39, 0.29) is 36.6 Å². The Hall–Kier alpha value is -3.38. The minimum absolute atomic E-state index is 0.0509. The van der Waals surface area contributed by atoms with Crippen LogP contribution in [0.25, 0.3) is 0 Å². The standard InChI is InChI=1S/C22H22F2N4O5S/c1-22(17-13-15(23)7-8-18(17)24)20(30)28(21(31)25-22)14-19(29)26-9-11-27(12-10-26)34(32,33)16-5-3-2-4-6-16/h2-8,13H,9-12,14H2,1H3,(H,25,31). The number of rotatable bonds is 5. The smallest absolute Gasteiger partial charge is 0.325 e. The van der Waals surface area contributed by atoms with Crippen LogP contribution >= 0.6 is 0 Å². The van der Waals surface area contributed by atoms with Gasteiger partial charge in [-0.25, -0.2) is 22.0 Å². The van der Waals surface area contributed by atoms with Crippen molar-refractivity contribution in [3.05, 3.63) is 65.7 Å². The second-order valence-electron chi connectivity index (χ2n) is 8.17. The van der Waals surface area contributed by atoms with E-state index in [1.165, 1.54) is 28.3 Å². The average molecular weight is 493 g/mol. The Bertz CT molecular complexity index is 1250. The Morgan fingerprint density at radius 3 is 2.32 bits per heavy atom. The molecule has 1 unspecified atom stereocenters. The lowest BCUT2D eigenvalue weighted by Gasteiger charge is -2.34. The quantitative estimate of drug-likeness (QED) is 0.633. The number of hydrogen-bond acceptors (Lipinski definition) is 5. The van der Waals surface area contributed by atoms with E-state index in [0.29, 0.717) is 4.90 Å². The Kier molecular flexibility index (Phi) is 6.13. The first-order valence-corrected chi connectivity index (χ1v) is 11.9. The minimum atomic E-state index is -3.70. The second kappa shape index (κ2) is 8.76. The molecule has 2 saturated heterocycles. The molecular formula is C22H22F2N4O5S. The van der Waals surface area contributed by atoms with Crippen molar-refractivity contribution >= 4 is 27.9 Å². The highest BCUT2D eigenvalue weighted by atomic mass is 32.2. The maximum absolute atomic E-state index is 14.3. The first kappa shape index (κ1) is 23.8. The predicted molar refractivity (Wildman–Crippen MR) is 116 cm³/mol. The van der Waals surface area contributed by atoms with Crippen LogP contribution in [0.15, 0.2) is 53.4 Å². The number of amides is 4. The van der Waals surface area contributed by atoms with E-state index in [4.69, 9.17) is 0 Å². The van der Waals surface area contributed by atoms with Crippen molar-refractivity contribution in [1.29, 1.82) is 0 Å². The molecule has 34 heavy (non-hydrogen) atoms. The number of carbonyl (C=O) groups excluding carboxylic acids is 3.